The van der Waals surface area contributed by atoms with Crippen LogP contribution < -0.4 is 22.0 Å². The van der Waals surface area contributed by atoms with E-state index in [1.165, 1.54) is 19.1 Å². The van der Waals surface area contributed by atoms with Crippen LogP contribution in [0, 0.1) is 0 Å². The Kier molecular flexibility index (Phi) is 3.81. The number of nitrogens with one attached hydrogen (secondary N) is 3. The van der Waals surface area contributed by atoms with Gasteiger partial charge in [-0.15, -0.1) is 0 Å². The molecule has 0 aliphatic rings. The molecule has 1 rings (SSSR count). The van der Waals surface area contributed by atoms with Crippen LogP contribution in [0.3, 0.4) is 0 Å². The third kappa shape index (κ3) is 3.77. The summed E-state index contributed by atoms with van der Waals surface area (Å²) < 4.78 is 1.16. The van der Waals surface area contributed by atoms with Gasteiger partial charge in [0.25, 0.3) is 11.1 Å². The summed E-state index contributed by atoms with van der Waals surface area (Å²) in [5.41, 5.74) is 4.32. The summed E-state index contributed by atoms with van der Waals surface area (Å²) in [5, 5.41) is 2.36. The molecule has 0 radical (unpaired) electrons. The van der Waals surface area contributed by atoms with Crippen molar-refractivity contribution in [1.29, 1.82) is 0 Å². The van der Waals surface area contributed by atoms with E-state index in [1.807, 2.05) is 0 Å². The summed E-state index contributed by atoms with van der Waals surface area (Å²) in [7, 11) is 0. The van der Waals surface area contributed by atoms with E-state index in [4.69, 9.17) is 0 Å². The second-order valence-electron chi connectivity index (χ2n) is 2.91. The summed E-state index contributed by atoms with van der Waals surface area (Å²) in [4.78, 5) is 32.5. The number of amides is 1. The first-order valence-electron chi connectivity index (χ1n) is 4.39. The third-order valence-corrected chi connectivity index (χ3v) is 1.61. The van der Waals surface area contributed by atoms with Gasteiger partial charge in [-0.05, 0) is 0 Å². The van der Waals surface area contributed by atoms with Crippen LogP contribution in [0.4, 0.5) is 0 Å². The molecule has 0 atom stereocenters. The molecule has 0 aromatic carbocycles. The fraction of sp³-hybridized carbons (Fsp3) is 0.375. The third-order valence-electron chi connectivity index (χ3n) is 1.61. The van der Waals surface area contributed by atoms with Gasteiger partial charge < -0.3 is 0 Å². The molecule has 0 saturated carbocycles. The molecule has 0 aliphatic heterocycles. The molecule has 7 heteroatoms. The lowest BCUT2D eigenvalue weighted by Crippen LogP contribution is -2.40. The topological polar surface area (TPSA) is 96.0 Å². The SMILES string of the molecule is CC(=O)NNCCn1[nH]c(=O)ccc1=O. The van der Waals surface area contributed by atoms with E-state index in [0.29, 0.717) is 6.54 Å². The molecular weight excluding hydrogens is 200 g/mol. The van der Waals surface area contributed by atoms with Gasteiger partial charge >= 0.3 is 0 Å². The van der Waals surface area contributed by atoms with Crippen LogP contribution in [0.25, 0.3) is 0 Å². The van der Waals surface area contributed by atoms with Gasteiger partial charge in [0.05, 0.1) is 6.54 Å². The zero-order chi connectivity index (χ0) is 11.3. The van der Waals surface area contributed by atoms with E-state index in [0.717, 1.165) is 4.68 Å². The maximum atomic E-state index is 11.2. The van der Waals surface area contributed by atoms with Crippen molar-refractivity contribution in [2.45, 2.75) is 13.5 Å². The maximum Gasteiger partial charge on any atom is 0.265 e. The van der Waals surface area contributed by atoms with Crippen molar-refractivity contribution in [1.82, 2.24) is 20.6 Å². The fourth-order valence-corrected chi connectivity index (χ4v) is 0.983. The zero-order valence-electron chi connectivity index (χ0n) is 8.24. The minimum atomic E-state index is -0.339. The molecule has 3 N–H and O–H groups in total. The van der Waals surface area contributed by atoms with Gasteiger partial charge in [-0.1, -0.05) is 0 Å². The molecule has 7 nitrogen and oxygen atoms in total. The highest BCUT2D eigenvalue weighted by molar-refractivity contribution is 5.72. The number of hydrogen-bond acceptors (Lipinski definition) is 4. The summed E-state index contributed by atoms with van der Waals surface area (Å²) in [5.74, 6) is -0.219. The maximum absolute atomic E-state index is 11.2. The molecular formula is C8H12N4O3. The molecule has 0 unspecified atom stereocenters. The Morgan fingerprint density at radius 1 is 1.47 bits per heavy atom. The monoisotopic (exact) mass is 212 g/mol. The molecule has 1 amide bonds. The van der Waals surface area contributed by atoms with Crippen LogP contribution in [0.5, 0.6) is 0 Å². The lowest BCUT2D eigenvalue weighted by molar-refractivity contribution is -0.119. The highest BCUT2D eigenvalue weighted by Crippen LogP contribution is 1.69. The van der Waals surface area contributed by atoms with Crippen molar-refractivity contribution in [2.24, 2.45) is 0 Å². The minimum Gasteiger partial charge on any atom is -0.292 e. The number of hydrogen-bond donors (Lipinski definition) is 3. The van der Waals surface area contributed by atoms with Crippen molar-refractivity contribution in [3.8, 4) is 0 Å². The van der Waals surface area contributed by atoms with Crippen LogP contribution in [0.1, 0.15) is 6.92 Å². The van der Waals surface area contributed by atoms with E-state index in [9.17, 15) is 14.4 Å². The molecule has 15 heavy (non-hydrogen) atoms. The second kappa shape index (κ2) is 5.11. The average Bonchev–Trinajstić information content (AvgIpc) is 2.17. The van der Waals surface area contributed by atoms with Gasteiger partial charge in [-0.2, -0.15) is 0 Å². The Labute approximate surface area is 85.1 Å². The average molecular weight is 212 g/mol. The number of aromatic amines is 1. The number of hydrazine groups is 1. The largest absolute Gasteiger partial charge is 0.292 e. The van der Waals surface area contributed by atoms with E-state index in [-0.39, 0.29) is 23.6 Å². The Bertz CT molecular complexity index is 448. The molecule has 82 valence electrons. The highest BCUT2D eigenvalue weighted by Gasteiger charge is 1.95. The van der Waals surface area contributed by atoms with Crippen molar-refractivity contribution < 1.29 is 4.79 Å². The Hall–Kier alpha value is -1.89. The molecule has 0 spiro atoms. The first-order valence-corrected chi connectivity index (χ1v) is 4.39. The fourth-order valence-electron chi connectivity index (χ4n) is 0.983. The molecule has 0 aliphatic carbocycles. The predicted molar refractivity (Wildman–Crippen MR) is 53.1 cm³/mol. The highest BCUT2D eigenvalue weighted by atomic mass is 16.2. The number of aromatic nitrogens is 2. The van der Waals surface area contributed by atoms with Crippen LogP contribution >= 0.6 is 0 Å². The van der Waals surface area contributed by atoms with Gasteiger partial charge in [0.1, 0.15) is 0 Å². The zero-order valence-corrected chi connectivity index (χ0v) is 8.24. The Morgan fingerprint density at radius 2 is 2.20 bits per heavy atom. The van der Waals surface area contributed by atoms with Crippen molar-refractivity contribution in [3.05, 3.63) is 32.8 Å². The Morgan fingerprint density at radius 3 is 2.87 bits per heavy atom. The van der Waals surface area contributed by atoms with Crippen LogP contribution in [-0.2, 0) is 11.3 Å². The van der Waals surface area contributed by atoms with Gasteiger partial charge in [0.15, 0.2) is 0 Å². The normalized spacial score (nSPS) is 9.93. The molecule has 0 saturated heterocycles. The van der Waals surface area contributed by atoms with Crippen LogP contribution in [0.15, 0.2) is 21.7 Å². The lowest BCUT2D eigenvalue weighted by Gasteiger charge is -2.06. The number of rotatable bonds is 4. The number of H-pyrrole nitrogens is 1. The minimum absolute atomic E-state index is 0.219. The summed E-state index contributed by atoms with van der Waals surface area (Å²) in [6, 6.07) is 2.36. The molecule has 1 aromatic heterocycles. The van der Waals surface area contributed by atoms with Crippen LogP contribution in [-0.4, -0.2) is 22.2 Å². The standard InChI is InChI=1S/C8H12N4O3/c1-6(13)10-9-4-5-12-8(15)3-2-7(14)11-12/h2-3,9H,4-5H2,1H3,(H,10,13)(H,11,14). The first-order chi connectivity index (χ1) is 7.09. The van der Waals surface area contributed by atoms with Crippen molar-refractivity contribution in [3.63, 3.8) is 0 Å². The molecule has 0 fully saturated rings. The number of carbonyl (C=O) groups is 1. The second-order valence-corrected chi connectivity index (χ2v) is 2.91. The predicted octanol–water partition coefficient (Wildman–Crippen LogP) is -1.82. The summed E-state index contributed by atoms with van der Waals surface area (Å²) in [6.07, 6.45) is 0. The van der Waals surface area contributed by atoms with Crippen LogP contribution in [0.2, 0.25) is 0 Å². The lowest BCUT2D eigenvalue weighted by atomic mass is 10.5. The summed E-state index contributed by atoms with van der Waals surface area (Å²) >= 11 is 0. The molecule has 1 aromatic rings. The quantitative estimate of drug-likeness (QED) is 0.404. The van der Waals surface area contributed by atoms with Gasteiger partial charge in [-0.3, -0.25) is 24.9 Å². The number of nitrogens with zero attached hydrogens (tertiary/aromatic N) is 1. The number of carbonyl (C=O) groups excluding carboxylic acids is 1. The van der Waals surface area contributed by atoms with Gasteiger partial charge in [0.2, 0.25) is 5.91 Å². The molecule has 0 bridgehead atoms. The smallest absolute Gasteiger partial charge is 0.265 e. The van der Waals surface area contributed by atoms with Crippen molar-refractivity contribution in [2.75, 3.05) is 6.54 Å². The summed E-state index contributed by atoms with van der Waals surface area (Å²) in [6.45, 7) is 1.98. The van der Waals surface area contributed by atoms with E-state index < -0.39 is 0 Å². The van der Waals surface area contributed by atoms with Crippen molar-refractivity contribution >= 4 is 5.91 Å². The van der Waals surface area contributed by atoms with Gasteiger partial charge in [0, 0.05) is 25.6 Å². The first kappa shape index (κ1) is 11.2. The van der Waals surface area contributed by atoms with Gasteiger partial charge in [-0.25, -0.2) is 10.1 Å². The molecule has 1 heterocycles. The van der Waals surface area contributed by atoms with E-state index in [2.05, 4.69) is 16.0 Å². The Balaban J connectivity index is 2.50. The van der Waals surface area contributed by atoms with E-state index >= 15 is 0 Å². The van der Waals surface area contributed by atoms with E-state index in [1.54, 1.807) is 0 Å².